The van der Waals surface area contributed by atoms with Gasteiger partial charge in [-0.25, -0.2) is 9.59 Å². The molecule has 6 nitrogen and oxygen atoms in total. The van der Waals surface area contributed by atoms with Crippen LogP contribution in [0.4, 0.5) is 5.69 Å². The van der Waals surface area contributed by atoms with Gasteiger partial charge in [-0.05, 0) is 35.4 Å². The number of carboxylic acids is 2. The maximum absolute atomic E-state index is 11.4. The number of aliphatic carboxylic acids is 1. The highest BCUT2D eigenvalue weighted by Crippen LogP contribution is 2.40. The second-order valence-electron chi connectivity index (χ2n) is 5.08. The summed E-state index contributed by atoms with van der Waals surface area (Å²) >= 11 is 1.05. The number of nitrogens with two attached hydrogens (primary N) is 1. The Balaban J connectivity index is 2.10. The Hall–Kier alpha value is -3.06. The minimum Gasteiger partial charge on any atom is -0.479 e. The lowest BCUT2D eigenvalue weighted by molar-refractivity contribution is -0.139. The molecule has 0 radical (unpaired) electrons. The Morgan fingerprint density at radius 1 is 1.08 bits per heavy atom. The fourth-order valence-corrected chi connectivity index (χ4v) is 3.41. The van der Waals surface area contributed by atoms with Crippen molar-refractivity contribution < 1.29 is 24.5 Å². The predicted molar refractivity (Wildman–Crippen MR) is 91.8 cm³/mol. The van der Waals surface area contributed by atoms with Crippen LogP contribution in [0.3, 0.4) is 0 Å². The monoisotopic (exact) mass is 343 g/mol. The predicted octanol–water partition coefficient (Wildman–Crippen LogP) is 3.31. The zero-order chi connectivity index (χ0) is 17.3. The van der Waals surface area contributed by atoms with Crippen molar-refractivity contribution in [1.82, 2.24) is 0 Å². The van der Waals surface area contributed by atoms with Crippen LogP contribution in [0, 0.1) is 0 Å². The summed E-state index contributed by atoms with van der Waals surface area (Å²) in [5.74, 6) is -2.23. The highest BCUT2D eigenvalue weighted by Gasteiger charge is 2.20. The smallest absolute Gasteiger partial charge is 0.349 e. The molecule has 0 unspecified atom stereocenters. The van der Waals surface area contributed by atoms with Crippen LogP contribution in [-0.4, -0.2) is 28.8 Å². The van der Waals surface area contributed by atoms with Crippen molar-refractivity contribution in [1.29, 1.82) is 0 Å². The van der Waals surface area contributed by atoms with Crippen molar-refractivity contribution in [3.63, 3.8) is 0 Å². The molecule has 3 rings (SSSR count). The van der Waals surface area contributed by atoms with Crippen molar-refractivity contribution in [3.8, 4) is 16.9 Å². The van der Waals surface area contributed by atoms with Crippen LogP contribution < -0.4 is 10.5 Å². The number of anilines is 1. The molecule has 0 aliphatic rings. The number of hydrogen-bond acceptors (Lipinski definition) is 5. The SMILES string of the molecule is Nc1cccc(-c2ccc3c(OCC(=O)O)c(C(=O)O)sc3c2)c1. The molecule has 1 aromatic heterocycles. The average molecular weight is 343 g/mol. The van der Waals surface area contributed by atoms with E-state index in [1.165, 1.54) is 0 Å². The molecule has 1 heterocycles. The molecule has 0 saturated heterocycles. The minimum atomic E-state index is -1.16. The molecule has 24 heavy (non-hydrogen) atoms. The molecule has 0 aliphatic heterocycles. The first-order chi connectivity index (χ1) is 11.5. The standard InChI is InChI=1S/C17H13NO5S/c18-11-3-1-2-9(6-11)10-4-5-12-13(7-10)24-16(17(21)22)15(12)23-8-14(19)20/h1-7H,8,18H2,(H,19,20)(H,21,22). The van der Waals surface area contributed by atoms with Gasteiger partial charge in [-0.15, -0.1) is 11.3 Å². The number of hydrogen-bond donors (Lipinski definition) is 3. The molecule has 2 aromatic carbocycles. The molecule has 3 aromatic rings. The third-order valence-electron chi connectivity index (χ3n) is 3.40. The highest BCUT2D eigenvalue weighted by atomic mass is 32.1. The van der Waals surface area contributed by atoms with E-state index in [1.807, 2.05) is 30.3 Å². The summed E-state index contributed by atoms with van der Waals surface area (Å²) in [4.78, 5) is 22.1. The van der Waals surface area contributed by atoms with Gasteiger partial charge >= 0.3 is 11.9 Å². The number of aromatic carboxylic acids is 1. The van der Waals surface area contributed by atoms with Gasteiger partial charge in [0, 0.05) is 15.8 Å². The largest absolute Gasteiger partial charge is 0.479 e. The van der Waals surface area contributed by atoms with E-state index >= 15 is 0 Å². The molecule has 0 amide bonds. The first kappa shape index (κ1) is 15.8. The van der Waals surface area contributed by atoms with Gasteiger partial charge in [-0.1, -0.05) is 18.2 Å². The summed E-state index contributed by atoms with van der Waals surface area (Å²) < 4.78 is 5.89. The molecular weight excluding hydrogens is 330 g/mol. The Bertz CT molecular complexity index is 947. The topological polar surface area (TPSA) is 110 Å². The van der Waals surface area contributed by atoms with Crippen molar-refractivity contribution >= 4 is 39.0 Å². The summed E-state index contributed by atoms with van der Waals surface area (Å²) in [6, 6.07) is 12.8. The van der Waals surface area contributed by atoms with Crippen LogP contribution in [0.25, 0.3) is 21.2 Å². The van der Waals surface area contributed by atoms with E-state index in [0.717, 1.165) is 22.5 Å². The fraction of sp³-hybridized carbons (Fsp3) is 0.0588. The lowest BCUT2D eigenvalue weighted by atomic mass is 10.0. The van der Waals surface area contributed by atoms with Crippen molar-refractivity contribution in [2.24, 2.45) is 0 Å². The highest BCUT2D eigenvalue weighted by molar-refractivity contribution is 7.21. The van der Waals surface area contributed by atoms with Crippen LogP contribution in [-0.2, 0) is 4.79 Å². The molecule has 0 atom stereocenters. The molecule has 0 spiro atoms. The summed E-state index contributed by atoms with van der Waals surface area (Å²) in [6.45, 7) is -0.594. The number of benzene rings is 2. The second kappa shape index (κ2) is 6.21. The lowest BCUT2D eigenvalue weighted by Gasteiger charge is -2.05. The van der Waals surface area contributed by atoms with Gasteiger partial charge in [-0.3, -0.25) is 0 Å². The van der Waals surface area contributed by atoms with Crippen LogP contribution in [0.15, 0.2) is 42.5 Å². The van der Waals surface area contributed by atoms with Gasteiger partial charge in [0.1, 0.15) is 0 Å². The average Bonchev–Trinajstić information content (AvgIpc) is 2.91. The van der Waals surface area contributed by atoms with Crippen LogP contribution in [0.1, 0.15) is 9.67 Å². The summed E-state index contributed by atoms with van der Waals surface area (Å²) in [7, 11) is 0. The summed E-state index contributed by atoms with van der Waals surface area (Å²) in [5, 5.41) is 18.6. The summed E-state index contributed by atoms with van der Waals surface area (Å²) in [6.07, 6.45) is 0. The Morgan fingerprint density at radius 3 is 2.50 bits per heavy atom. The van der Waals surface area contributed by atoms with E-state index in [9.17, 15) is 14.7 Å². The number of carboxylic acid groups (broad SMARTS) is 2. The van der Waals surface area contributed by atoms with Gasteiger partial charge < -0.3 is 20.7 Å². The van der Waals surface area contributed by atoms with E-state index in [-0.39, 0.29) is 10.6 Å². The van der Waals surface area contributed by atoms with Gasteiger partial charge in [0.25, 0.3) is 0 Å². The minimum absolute atomic E-state index is 0.0176. The van der Waals surface area contributed by atoms with Crippen LogP contribution in [0.5, 0.6) is 5.75 Å². The molecule has 4 N–H and O–H groups in total. The van der Waals surface area contributed by atoms with Crippen molar-refractivity contribution in [3.05, 3.63) is 47.3 Å². The van der Waals surface area contributed by atoms with Crippen molar-refractivity contribution in [2.75, 3.05) is 12.3 Å². The zero-order valence-electron chi connectivity index (χ0n) is 12.4. The number of fused-ring (bicyclic) bond motifs is 1. The van der Waals surface area contributed by atoms with Gasteiger partial charge in [0.05, 0.1) is 0 Å². The molecule has 7 heteroatoms. The third kappa shape index (κ3) is 3.02. The van der Waals surface area contributed by atoms with Crippen LogP contribution >= 0.6 is 11.3 Å². The first-order valence-corrected chi connectivity index (χ1v) is 7.77. The van der Waals surface area contributed by atoms with E-state index in [4.69, 9.17) is 15.6 Å². The van der Waals surface area contributed by atoms with Gasteiger partial charge in [0.15, 0.2) is 17.2 Å². The maximum Gasteiger partial charge on any atom is 0.349 e. The molecule has 0 aliphatic carbocycles. The van der Waals surface area contributed by atoms with Crippen molar-refractivity contribution in [2.45, 2.75) is 0 Å². The molecule has 122 valence electrons. The number of ether oxygens (including phenoxy) is 1. The normalized spacial score (nSPS) is 10.7. The third-order valence-corrected chi connectivity index (χ3v) is 4.52. The van der Waals surface area contributed by atoms with E-state index in [2.05, 4.69) is 0 Å². The summed E-state index contributed by atoms with van der Waals surface area (Å²) in [5.41, 5.74) is 8.23. The van der Waals surface area contributed by atoms with Gasteiger partial charge in [0.2, 0.25) is 0 Å². The lowest BCUT2D eigenvalue weighted by Crippen LogP contribution is -2.10. The first-order valence-electron chi connectivity index (χ1n) is 6.96. The second-order valence-corrected chi connectivity index (χ2v) is 6.14. The van der Waals surface area contributed by atoms with E-state index in [1.54, 1.807) is 12.1 Å². The number of thiophene rings is 1. The van der Waals surface area contributed by atoms with E-state index < -0.39 is 18.5 Å². The number of rotatable bonds is 5. The zero-order valence-corrected chi connectivity index (χ0v) is 13.2. The van der Waals surface area contributed by atoms with Crippen LogP contribution in [0.2, 0.25) is 0 Å². The molecular formula is C17H13NO5S. The molecule has 0 bridgehead atoms. The maximum atomic E-state index is 11.4. The Labute approximate surface area is 140 Å². The number of carbonyl (C=O) groups is 2. The molecule has 0 saturated carbocycles. The quantitative estimate of drug-likeness (QED) is 0.613. The Morgan fingerprint density at radius 2 is 1.83 bits per heavy atom. The fourth-order valence-electron chi connectivity index (χ4n) is 2.39. The van der Waals surface area contributed by atoms with E-state index in [0.29, 0.717) is 15.8 Å². The number of nitrogen functional groups attached to an aromatic ring is 1. The Kier molecular flexibility index (Phi) is 4.09. The molecule has 0 fully saturated rings. The van der Waals surface area contributed by atoms with Gasteiger partial charge in [-0.2, -0.15) is 0 Å².